The van der Waals surface area contributed by atoms with E-state index in [1.807, 2.05) is 0 Å². The Morgan fingerprint density at radius 2 is 2.00 bits per heavy atom. The molecule has 0 heterocycles. The minimum absolute atomic E-state index is 0.0616. The van der Waals surface area contributed by atoms with Crippen LogP contribution in [-0.2, 0) is 5.41 Å². The molecule has 0 amide bonds. The number of benzene rings is 1. The van der Waals surface area contributed by atoms with Crippen molar-refractivity contribution in [2.24, 2.45) is 0 Å². The van der Waals surface area contributed by atoms with E-state index < -0.39 is 10.3 Å². The van der Waals surface area contributed by atoms with Crippen LogP contribution in [0, 0.1) is 10.1 Å². The van der Waals surface area contributed by atoms with Crippen molar-refractivity contribution in [3.63, 3.8) is 0 Å². The number of para-hydroxylation sites is 1. The Balaban J connectivity index is 3.27. The maximum absolute atomic E-state index is 10.7. The normalized spacial score (nSPS) is 11.4. The summed E-state index contributed by atoms with van der Waals surface area (Å²) < 4.78 is 0. The molecule has 14 heavy (non-hydrogen) atoms. The third-order valence-electron chi connectivity index (χ3n) is 2.23. The highest BCUT2D eigenvalue weighted by atomic mass is 16.6. The van der Waals surface area contributed by atoms with Gasteiger partial charge in [-0.2, -0.15) is 0 Å². The Morgan fingerprint density at radius 3 is 2.50 bits per heavy atom. The van der Waals surface area contributed by atoms with Gasteiger partial charge in [-0.15, -0.1) is 0 Å². The van der Waals surface area contributed by atoms with Crippen LogP contribution in [0.4, 0.5) is 5.69 Å². The van der Waals surface area contributed by atoms with Gasteiger partial charge in [-0.3, -0.25) is 10.1 Å². The highest BCUT2D eigenvalue weighted by molar-refractivity contribution is 5.44. The van der Waals surface area contributed by atoms with Gasteiger partial charge in [0.05, 0.1) is 11.5 Å². The number of rotatable bonds is 3. The lowest BCUT2D eigenvalue weighted by Crippen LogP contribution is -2.23. The van der Waals surface area contributed by atoms with Crippen LogP contribution in [0.15, 0.2) is 24.3 Å². The number of hydrogen-bond donors (Lipinski definition) is 1. The fourth-order valence-corrected chi connectivity index (χ4v) is 1.29. The molecule has 0 saturated heterocycles. The Labute approximate surface area is 82.3 Å². The van der Waals surface area contributed by atoms with Gasteiger partial charge < -0.3 is 5.11 Å². The van der Waals surface area contributed by atoms with E-state index >= 15 is 0 Å². The van der Waals surface area contributed by atoms with Gasteiger partial charge in [0, 0.05) is 17.0 Å². The summed E-state index contributed by atoms with van der Waals surface area (Å²) in [5.74, 6) is 0. The average Bonchev–Trinajstić information content (AvgIpc) is 2.18. The van der Waals surface area contributed by atoms with Gasteiger partial charge in [-0.05, 0) is 0 Å². The molecule has 76 valence electrons. The molecule has 0 aliphatic heterocycles. The molecule has 0 aliphatic carbocycles. The van der Waals surface area contributed by atoms with Crippen molar-refractivity contribution in [2.45, 2.75) is 19.3 Å². The molecule has 0 aliphatic rings. The third-order valence-corrected chi connectivity index (χ3v) is 2.23. The molecular weight excluding hydrogens is 182 g/mol. The first-order valence-corrected chi connectivity index (χ1v) is 4.34. The second-order valence-corrected chi connectivity index (χ2v) is 3.82. The predicted octanol–water partition coefficient (Wildman–Crippen LogP) is 1.86. The number of nitro benzene ring substituents is 1. The Bertz CT molecular complexity index is 347. The zero-order valence-electron chi connectivity index (χ0n) is 8.23. The van der Waals surface area contributed by atoms with E-state index in [4.69, 9.17) is 5.11 Å². The molecule has 4 nitrogen and oxygen atoms in total. The molecule has 0 spiro atoms. The summed E-state index contributed by atoms with van der Waals surface area (Å²) in [7, 11) is 0. The van der Waals surface area contributed by atoms with Gasteiger partial charge in [0.15, 0.2) is 0 Å². The largest absolute Gasteiger partial charge is 0.395 e. The lowest BCUT2D eigenvalue weighted by Gasteiger charge is -2.21. The van der Waals surface area contributed by atoms with Gasteiger partial charge >= 0.3 is 0 Å². The van der Waals surface area contributed by atoms with Crippen LogP contribution in [0.25, 0.3) is 0 Å². The van der Waals surface area contributed by atoms with Crippen molar-refractivity contribution < 1.29 is 10.0 Å². The topological polar surface area (TPSA) is 63.4 Å². The van der Waals surface area contributed by atoms with E-state index in [1.54, 1.807) is 32.0 Å². The quantitative estimate of drug-likeness (QED) is 0.591. The van der Waals surface area contributed by atoms with Crippen molar-refractivity contribution in [1.29, 1.82) is 0 Å². The van der Waals surface area contributed by atoms with Crippen molar-refractivity contribution >= 4 is 5.69 Å². The molecule has 1 aromatic carbocycles. The minimum atomic E-state index is -0.580. The maximum atomic E-state index is 10.7. The van der Waals surface area contributed by atoms with E-state index in [0.29, 0.717) is 5.56 Å². The van der Waals surface area contributed by atoms with Gasteiger partial charge in [0.1, 0.15) is 0 Å². The maximum Gasteiger partial charge on any atom is 0.273 e. The highest BCUT2D eigenvalue weighted by Crippen LogP contribution is 2.30. The monoisotopic (exact) mass is 195 g/mol. The zero-order chi connectivity index (χ0) is 10.8. The number of nitrogens with zero attached hydrogens (tertiary/aromatic N) is 1. The molecule has 0 unspecified atom stereocenters. The van der Waals surface area contributed by atoms with E-state index in [2.05, 4.69) is 0 Å². The molecule has 1 N–H and O–H groups in total. The van der Waals surface area contributed by atoms with Crippen LogP contribution in [0.2, 0.25) is 0 Å². The highest BCUT2D eigenvalue weighted by Gasteiger charge is 2.27. The first kappa shape index (κ1) is 10.7. The molecule has 0 aromatic heterocycles. The van der Waals surface area contributed by atoms with Gasteiger partial charge in [0.2, 0.25) is 0 Å². The molecule has 1 aromatic rings. The molecule has 0 atom stereocenters. The Hall–Kier alpha value is -1.42. The molecule has 0 saturated carbocycles. The summed E-state index contributed by atoms with van der Waals surface area (Å²) in [5.41, 5.74) is 0.0444. The SMILES string of the molecule is CC(C)(CO)c1ccccc1[N+](=O)[O-]. The Morgan fingerprint density at radius 1 is 1.43 bits per heavy atom. The first-order valence-electron chi connectivity index (χ1n) is 4.34. The molecule has 4 heteroatoms. The van der Waals surface area contributed by atoms with Crippen LogP contribution in [0.5, 0.6) is 0 Å². The fraction of sp³-hybridized carbons (Fsp3) is 0.400. The molecule has 0 bridgehead atoms. The summed E-state index contributed by atoms with van der Waals surface area (Å²) in [5, 5.41) is 19.8. The number of hydrogen-bond acceptors (Lipinski definition) is 3. The standard InChI is InChI=1S/C10H13NO3/c1-10(2,7-12)8-5-3-4-6-9(8)11(13)14/h3-6,12H,7H2,1-2H3. The third kappa shape index (κ3) is 1.90. The molecular formula is C10H13NO3. The number of aliphatic hydroxyl groups is 1. The summed E-state index contributed by atoms with van der Waals surface area (Å²) in [6, 6.07) is 6.48. The lowest BCUT2D eigenvalue weighted by atomic mass is 9.84. The van der Waals surface area contributed by atoms with Gasteiger partial charge in [-0.25, -0.2) is 0 Å². The van der Waals surface area contributed by atoms with E-state index in [9.17, 15) is 10.1 Å². The molecule has 0 radical (unpaired) electrons. The van der Waals surface area contributed by atoms with Crippen molar-refractivity contribution in [1.82, 2.24) is 0 Å². The summed E-state index contributed by atoms with van der Waals surface area (Å²) >= 11 is 0. The van der Waals surface area contributed by atoms with Crippen LogP contribution in [0.3, 0.4) is 0 Å². The van der Waals surface area contributed by atoms with Crippen LogP contribution >= 0.6 is 0 Å². The average molecular weight is 195 g/mol. The van der Waals surface area contributed by atoms with E-state index in [0.717, 1.165) is 0 Å². The number of nitro groups is 1. The number of aliphatic hydroxyl groups excluding tert-OH is 1. The minimum Gasteiger partial charge on any atom is -0.395 e. The van der Waals surface area contributed by atoms with E-state index in [-0.39, 0.29) is 12.3 Å². The van der Waals surface area contributed by atoms with Crippen LogP contribution in [0.1, 0.15) is 19.4 Å². The van der Waals surface area contributed by atoms with Crippen LogP contribution in [-0.4, -0.2) is 16.6 Å². The first-order chi connectivity index (χ1) is 6.49. The second-order valence-electron chi connectivity index (χ2n) is 3.82. The fourth-order valence-electron chi connectivity index (χ4n) is 1.29. The summed E-state index contributed by atoms with van der Waals surface area (Å²) in [6.45, 7) is 3.43. The Kier molecular flexibility index (Phi) is 2.86. The smallest absolute Gasteiger partial charge is 0.273 e. The summed E-state index contributed by atoms with van der Waals surface area (Å²) in [4.78, 5) is 10.3. The molecule has 1 rings (SSSR count). The molecule has 0 fully saturated rings. The van der Waals surface area contributed by atoms with Crippen molar-refractivity contribution in [3.8, 4) is 0 Å². The van der Waals surface area contributed by atoms with Gasteiger partial charge in [-0.1, -0.05) is 32.0 Å². The van der Waals surface area contributed by atoms with Crippen molar-refractivity contribution in [3.05, 3.63) is 39.9 Å². The predicted molar refractivity (Wildman–Crippen MR) is 53.2 cm³/mol. The zero-order valence-corrected chi connectivity index (χ0v) is 8.23. The summed E-state index contributed by atoms with van der Waals surface area (Å²) in [6.07, 6.45) is 0. The second kappa shape index (κ2) is 3.75. The lowest BCUT2D eigenvalue weighted by molar-refractivity contribution is -0.386. The van der Waals surface area contributed by atoms with Gasteiger partial charge in [0.25, 0.3) is 5.69 Å². The van der Waals surface area contributed by atoms with E-state index in [1.165, 1.54) is 6.07 Å². The van der Waals surface area contributed by atoms with Crippen molar-refractivity contribution in [2.75, 3.05) is 6.61 Å². The van der Waals surface area contributed by atoms with Crippen LogP contribution < -0.4 is 0 Å².